The lowest BCUT2D eigenvalue weighted by atomic mass is 9.93. The van der Waals surface area contributed by atoms with Gasteiger partial charge >= 0.3 is 0 Å². The number of piperidine rings is 1. The number of alkyl halides is 2. The maximum atomic E-state index is 13.0. The largest absolute Gasteiger partial charge is 0.329 e. The molecule has 1 aliphatic rings. The zero-order valence-electron chi connectivity index (χ0n) is 8.10. The molecule has 0 aromatic rings. The highest BCUT2D eigenvalue weighted by molar-refractivity contribution is 4.80. The van der Waals surface area contributed by atoms with Gasteiger partial charge in [-0.3, -0.25) is 0 Å². The van der Waals surface area contributed by atoms with Gasteiger partial charge in [0, 0.05) is 25.6 Å². The van der Waals surface area contributed by atoms with E-state index in [0.29, 0.717) is 19.5 Å². The van der Waals surface area contributed by atoms with Gasteiger partial charge in [-0.15, -0.1) is 0 Å². The third-order valence-electron chi connectivity index (χ3n) is 2.67. The van der Waals surface area contributed by atoms with Crippen molar-refractivity contribution in [3.8, 4) is 0 Å². The molecule has 1 rings (SSSR count). The molecule has 1 saturated heterocycles. The van der Waals surface area contributed by atoms with Gasteiger partial charge in [0.2, 0.25) is 5.92 Å². The average Bonchev–Trinajstić information content (AvgIpc) is 2.04. The second-order valence-electron chi connectivity index (χ2n) is 3.88. The lowest BCUT2D eigenvalue weighted by Crippen LogP contribution is -2.43. The number of hydrogen-bond donors (Lipinski definition) is 1. The topological polar surface area (TPSA) is 29.3 Å². The molecule has 2 N–H and O–H groups in total. The summed E-state index contributed by atoms with van der Waals surface area (Å²) in [6.45, 7) is 3.74. The number of nitrogens with two attached hydrogens (primary N) is 1. The van der Waals surface area contributed by atoms with E-state index in [1.807, 2.05) is 4.90 Å². The predicted molar refractivity (Wildman–Crippen MR) is 48.8 cm³/mol. The van der Waals surface area contributed by atoms with E-state index in [-0.39, 0.29) is 0 Å². The van der Waals surface area contributed by atoms with Crippen molar-refractivity contribution in [2.75, 3.05) is 26.2 Å². The van der Waals surface area contributed by atoms with Crippen LogP contribution in [0.25, 0.3) is 0 Å². The normalized spacial score (nSPS) is 26.3. The summed E-state index contributed by atoms with van der Waals surface area (Å²) >= 11 is 0. The Morgan fingerprint density at radius 3 is 2.77 bits per heavy atom. The molecule has 0 amide bonds. The Morgan fingerprint density at radius 1 is 1.54 bits per heavy atom. The Morgan fingerprint density at radius 2 is 2.23 bits per heavy atom. The van der Waals surface area contributed by atoms with Crippen LogP contribution in [0.5, 0.6) is 0 Å². The molecule has 1 aliphatic heterocycles. The van der Waals surface area contributed by atoms with Gasteiger partial charge in [-0.05, 0) is 26.3 Å². The van der Waals surface area contributed by atoms with Crippen LogP contribution in [0.3, 0.4) is 0 Å². The molecule has 0 saturated carbocycles. The van der Waals surface area contributed by atoms with E-state index in [4.69, 9.17) is 5.73 Å². The number of likely N-dealkylation sites (tertiary alicyclic amines) is 1. The SMILES string of the molecule is CC(F)(F)[C@H]1CCCN(CCN)C1. The fraction of sp³-hybridized carbons (Fsp3) is 1.00. The van der Waals surface area contributed by atoms with Crippen LogP contribution in [-0.4, -0.2) is 37.0 Å². The van der Waals surface area contributed by atoms with E-state index in [1.165, 1.54) is 0 Å². The van der Waals surface area contributed by atoms with E-state index in [0.717, 1.165) is 26.4 Å². The van der Waals surface area contributed by atoms with Gasteiger partial charge < -0.3 is 10.6 Å². The average molecular weight is 192 g/mol. The summed E-state index contributed by atoms with van der Waals surface area (Å²) in [5, 5.41) is 0. The second-order valence-corrected chi connectivity index (χ2v) is 3.88. The van der Waals surface area contributed by atoms with Crippen LogP contribution < -0.4 is 5.73 Å². The van der Waals surface area contributed by atoms with Crippen LogP contribution in [0.4, 0.5) is 8.78 Å². The predicted octanol–water partition coefficient (Wildman–Crippen LogP) is 1.31. The molecule has 0 aliphatic carbocycles. The highest BCUT2D eigenvalue weighted by Crippen LogP contribution is 2.31. The van der Waals surface area contributed by atoms with Gasteiger partial charge in [-0.25, -0.2) is 8.78 Å². The van der Waals surface area contributed by atoms with Crippen LogP contribution in [-0.2, 0) is 0 Å². The number of hydrogen-bond acceptors (Lipinski definition) is 2. The van der Waals surface area contributed by atoms with Crippen molar-refractivity contribution in [2.24, 2.45) is 11.7 Å². The maximum Gasteiger partial charge on any atom is 0.249 e. The van der Waals surface area contributed by atoms with Crippen molar-refractivity contribution in [1.29, 1.82) is 0 Å². The number of rotatable bonds is 3. The van der Waals surface area contributed by atoms with Crippen LogP contribution in [0, 0.1) is 5.92 Å². The molecule has 0 spiro atoms. The first-order valence-corrected chi connectivity index (χ1v) is 4.84. The van der Waals surface area contributed by atoms with E-state index >= 15 is 0 Å². The first kappa shape index (κ1) is 10.9. The van der Waals surface area contributed by atoms with Crippen LogP contribution in [0.2, 0.25) is 0 Å². The number of halogens is 2. The molecule has 0 bridgehead atoms. The van der Waals surface area contributed by atoms with E-state index < -0.39 is 11.8 Å². The van der Waals surface area contributed by atoms with Gasteiger partial charge in [-0.2, -0.15) is 0 Å². The second kappa shape index (κ2) is 4.33. The molecule has 1 atom stereocenters. The summed E-state index contributed by atoms with van der Waals surface area (Å²) in [6, 6.07) is 0. The Bertz CT molecular complexity index is 154. The van der Waals surface area contributed by atoms with E-state index in [2.05, 4.69) is 0 Å². The van der Waals surface area contributed by atoms with Crippen LogP contribution >= 0.6 is 0 Å². The fourth-order valence-electron chi connectivity index (χ4n) is 1.85. The highest BCUT2D eigenvalue weighted by Gasteiger charge is 2.36. The van der Waals surface area contributed by atoms with Gasteiger partial charge in [0.1, 0.15) is 0 Å². The van der Waals surface area contributed by atoms with Crippen molar-refractivity contribution < 1.29 is 8.78 Å². The van der Waals surface area contributed by atoms with Crippen molar-refractivity contribution >= 4 is 0 Å². The summed E-state index contributed by atoms with van der Waals surface area (Å²) in [7, 11) is 0. The maximum absolute atomic E-state index is 13.0. The van der Waals surface area contributed by atoms with E-state index in [9.17, 15) is 8.78 Å². The molecule has 0 radical (unpaired) electrons. The van der Waals surface area contributed by atoms with Crippen molar-refractivity contribution in [3.05, 3.63) is 0 Å². The van der Waals surface area contributed by atoms with Gasteiger partial charge in [0.15, 0.2) is 0 Å². The zero-order valence-corrected chi connectivity index (χ0v) is 8.10. The van der Waals surface area contributed by atoms with Crippen molar-refractivity contribution in [1.82, 2.24) is 4.90 Å². The zero-order chi connectivity index (χ0) is 9.90. The Hall–Kier alpha value is -0.220. The molecule has 1 heterocycles. The van der Waals surface area contributed by atoms with Crippen molar-refractivity contribution in [2.45, 2.75) is 25.7 Å². The molecule has 0 aromatic carbocycles. The molecule has 78 valence electrons. The quantitative estimate of drug-likeness (QED) is 0.730. The van der Waals surface area contributed by atoms with Gasteiger partial charge in [0.05, 0.1) is 0 Å². The lowest BCUT2D eigenvalue weighted by Gasteiger charge is -2.35. The Kier molecular flexibility index (Phi) is 3.62. The molecule has 0 unspecified atom stereocenters. The molecule has 1 fully saturated rings. The van der Waals surface area contributed by atoms with Crippen molar-refractivity contribution in [3.63, 3.8) is 0 Å². The molecule has 4 heteroatoms. The smallest absolute Gasteiger partial charge is 0.249 e. The molecular formula is C9H18F2N2. The summed E-state index contributed by atoms with van der Waals surface area (Å²) < 4.78 is 25.9. The molecular weight excluding hydrogens is 174 g/mol. The Balaban J connectivity index is 2.42. The fourth-order valence-corrected chi connectivity index (χ4v) is 1.85. The third kappa shape index (κ3) is 3.19. The van der Waals surface area contributed by atoms with Crippen LogP contribution in [0.1, 0.15) is 19.8 Å². The summed E-state index contributed by atoms with van der Waals surface area (Å²) in [5.74, 6) is -3.01. The standard InChI is InChI=1S/C9H18F2N2/c1-9(10,11)8-3-2-5-13(7-8)6-4-12/h8H,2-7,12H2,1H3/t8-/m0/s1. The molecule has 13 heavy (non-hydrogen) atoms. The minimum absolute atomic E-state index is 0.479. The Labute approximate surface area is 78.1 Å². The third-order valence-corrected chi connectivity index (χ3v) is 2.67. The monoisotopic (exact) mass is 192 g/mol. The lowest BCUT2D eigenvalue weighted by molar-refractivity contribution is -0.0657. The van der Waals surface area contributed by atoms with E-state index in [1.54, 1.807) is 0 Å². The summed E-state index contributed by atoms with van der Waals surface area (Å²) in [4.78, 5) is 2.03. The van der Waals surface area contributed by atoms with Gasteiger partial charge in [0.25, 0.3) is 0 Å². The first-order chi connectivity index (χ1) is 6.04. The minimum atomic E-state index is -2.53. The highest BCUT2D eigenvalue weighted by atomic mass is 19.3. The number of nitrogens with zero attached hydrogens (tertiary/aromatic N) is 1. The minimum Gasteiger partial charge on any atom is -0.329 e. The summed E-state index contributed by atoms with van der Waals surface area (Å²) in [6.07, 6.45) is 1.51. The van der Waals surface area contributed by atoms with Crippen LogP contribution in [0.15, 0.2) is 0 Å². The first-order valence-electron chi connectivity index (χ1n) is 4.84. The molecule has 0 aromatic heterocycles. The summed E-state index contributed by atoms with van der Waals surface area (Å²) in [5.41, 5.74) is 5.38. The molecule has 2 nitrogen and oxygen atoms in total. The van der Waals surface area contributed by atoms with Gasteiger partial charge in [-0.1, -0.05) is 0 Å².